The number of nitrogens with zero attached hydrogens (tertiary/aromatic N) is 3. The van der Waals surface area contributed by atoms with E-state index >= 15 is 0 Å². The maximum Gasteiger partial charge on any atom is 0.338 e. The molecule has 3 N–H and O–H groups in total. The molecule has 2 aromatic heterocycles. The number of aryl methyl sites for hydroxylation is 2. The first-order valence-corrected chi connectivity index (χ1v) is 7.16. The van der Waals surface area contributed by atoms with E-state index in [0.717, 1.165) is 22.9 Å². The smallest absolute Gasteiger partial charge is 0.338 e. The van der Waals surface area contributed by atoms with Gasteiger partial charge in [0.1, 0.15) is 11.6 Å². The Kier molecular flexibility index (Phi) is 3.76. The Labute approximate surface area is 137 Å². The van der Waals surface area contributed by atoms with Crippen molar-refractivity contribution in [2.24, 2.45) is 7.05 Å². The molecule has 2 heterocycles. The van der Waals surface area contributed by atoms with Gasteiger partial charge >= 0.3 is 5.97 Å². The minimum absolute atomic E-state index is 0.239. The minimum Gasteiger partial charge on any atom is -0.478 e. The van der Waals surface area contributed by atoms with E-state index in [1.807, 2.05) is 20.2 Å². The molecule has 0 unspecified atom stereocenters. The molecule has 0 aliphatic heterocycles. The highest BCUT2D eigenvalue weighted by atomic mass is 19.1. The fourth-order valence-electron chi connectivity index (χ4n) is 2.59. The Balaban J connectivity index is 2.12. The molecular formula is C17H15FN4O2. The molecule has 0 spiro atoms. The van der Waals surface area contributed by atoms with Gasteiger partial charge in [0.2, 0.25) is 0 Å². The van der Waals surface area contributed by atoms with Crippen LogP contribution in [0.25, 0.3) is 22.3 Å². The Morgan fingerprint density at radius 2 is 2.00 bits per heavy atom. The molecule has 0 aliphatic carbocycles. The maximum absolute atomic E-state index is 14.0. The Bertz CT molecular complexity index is 950. The van der Waals surface area contributed by atoms with Crippen molar-refractivity contribution in [3.8, 4) is 22.3 Å². The normalized spacial score (nSPS) is 10.8. The molecule has 0 amide bonds. The number of hydrogen-bond acceptors (Lipinski definition) is 4. The van der Waals surface area contributed by atoms with E-state index < -0.39 is 11.8 Å². The number of halogens is 1. The Morgan fingerprint density at radius 3 is 2.58 bits per heavy atom. The zero-order valence-electron chi connectivity index (χ0n) is 13.1. The third kappa shape index (κ3) is 2.71. The fraction of sp³-hybridized carbons (Fsp3) is 0.118. The second-order valence-corrected chi connectivity index (χ2v) is 5.46. The van der Waals surface area contributed by atoms with Crippen molar-refractivity contribution in [3.05, 3.63) is 53.7 Å². The number of nitrogen functional groups attached to an aromatic ring is 1. The van der Waals surface area contributed by atoms with E-state index in [9.17, 15) is 9.18 Å². The first kappa shape index (κ1) is 15.7. The van der Waals surface area contributed by atoms with Crippen LogP contribution in [0.2, 0.25) is 0 Å². The van der Waals surface area contributed by atoms with Crippen molar-refractivity contribution in [1.82, 2.24) is 14.8 Å². The molecule has 0 fully saturated rings. The van der Waals surface area contributed by atoms with Crippen molar-refractivity contribution in [3.63, 3.8) is 0 Å². The van der Waals surface area contributed by atoms with Crippen LogP contribution in [0.3, 0.4) is 0 Å². The number of rotatable bonds is 3. The van der Waals surface area contributed by atoms with Crippen LogP contribution in [-0.4, -0.2) is 25.8 Å². The molecule has 7 heteroatoms. The van der Waals surface area contributed by atoms with Crippen LogP contribution in [0, 0.1) is 12.7 Å². The number of carboxylic acid groups (broad SMARTS) is 1. The number of pyridine rings is 1. The van der Waals surface area contributed by atoms with E-state index in [0.29, 0.717) is 11.1 Å². The summed E-state index contributed by atoms with van der Waals surface area (Å²) in [6, 6.07) is 5.67. The third-order valence-corrected chi connectivity index (χ3v) is 3.75. The van der Waals surface area contributed by atoms with Gasteiger partial charge in [-0.25, -0.2) is 14.2 Å². The van der Waals surface area contributed by atoms with Gasteiger partial charge in [-0.3, -0.25) is 4.68 Å². The monoisotopic (exact) mass is 326 g/mol. The Hall–Kier alpha value is -3.22. The summed E-state index contributed by atoms with van der Waals surface area (Å²) in [6.45, 7) is 1.88. The number of carboxylic acids is 1. The summed E-state index contributed by atoms with van der Waals surface area (Å²) in [5.41, 5.74) is 9.06. The summed E-state index contributed by atoms with van der Waals surface area (Å²) in [4.78, 5) is 15.1. The molecule has 24 heavy (non-hydrogen) atoms. The number of aromatic nitrogens is 3. The molecular weight excluding hydrogens is 311 g/mol. The van der Waals surface area contributed by atoms with Gasteiger partial charge in [0.15, 0.2) is 0 Å². The van der Waals surface area contributed by atoms with Gasteiger partial charge in [0.25, 0.3) is 0 Å². The number of carbonyl (C=O) groups is 1. The molecule has 3 aromatic rings. The second-order valence-electron chi connectivity index (χ2n) is 5.46. The third-order valence-electron chi connectivity index (χ3n) is 3.75. The molecule has 0 aliphatic rings. The van der Waals surface area contributed by atoms with Gasteiger partial charge in [0.05, 0.1) is 11.3 Å². The molecule has 1 aromatic carbocycles. The fourth-order valence-corrected chi connectivity index (χ4v) is 2.59. The quantitative estimate of drug-likeness (QED) is 0.772. The van der Waals surface area contributed by atoms with Gasteiger partial charge in [-0.15, -0.1) is 0 Å². The summed E-state index contributed by atoms with van der Waals surface area (Å²) in [7, 11) is 1.82. The predicted molar refractivity (Wildman–Crippen MR) is 87.9 cm³/mol. The van der Waals surface area contributed by atoms with Gasteiger partial charge in [-0.2, -0.15) is 5.10 Å². The molecule has 0 saturated carbocycles. The van der Waals surface area contributed by atoms with Gasteiger partial charge < -0.3 is 10.8 Å². The Morgan fingerprint density at radius 1 is 1.25 bits per heavy atom. The van der Waals surface area contributed by atoms with Crippen molar-refractivity contribution < 1.29 is 14.3 Å². The average molecular weight is 326 g/mol. The molecule has 3 rings (SSSR count). The molecule has 122 valence electrons. The summed E-state index contributed by atoms with van der Waals surface area (Å²) in [6.07, 6.45) is 3.49. The topological polar surface area (TPSA) is 94.0 Å². The summed E-state index contributed by atoms with van der Waals surface area (Å²) < 4.78 is 15.7. The lowest BCUT2D eigenvalue weighted by Crippen LogP contribution is -2.01. The van der Waals surface area contributed by atoms with Gasteiger partial charge in [0, 0.05) is 36.1 Å². The largest absolute Gasteiger partial charge is 0.478 e. The predicted octanol–water partition coefficient (Wildman–Crippen LogP) is 2.88. The van der Waals surface area contributed by atoms with E-state index in [2.05, 4.69) is 10.1 Å². The van der Waals surface area contributed by atoms with Crippen molar-refractivity contribution >= 4 is 11.8 Å². The van der Waals surface area contributed by atoms with Crippen LogP contribution in [0.4, 0.5) is 10.2 Å². The van der Waals surface area contributed by atoms with Crippen molar-refractivity contribution in [2.45, 2.75) is 6.92 Å². The van der Waals surface area contributed by atoms with E-state index in [4.69, 9.17) is 10.8 Å². The summed E-state index contributed by atoms with van der Waals surface area (Å²) in [5, 5.41) is 13.2. The number of anilines is 1. The molecule has 0 atom stereocenters. The maximum atomic E-state index is 14.0. The van der Waals surface area contributed by atoms with Crippen LogP contribution >= 0.6 is 0 Å². The molecule has 0 saturated heterocycles. The van der Waals surface area contributed by atoms with Crippen LogP contribution < -0.4 is 5.73 Å². The zero-order valence-corrected chi connectivity index (χ0v) is 13.1. The van der Waals surface area contributed by atoms with Crippen LogP contribution in [0.5, 0.6) is 0 Å². The molecule has 0 radical (unpaired) electrons. The highest BCUT2D eigenvalue weighted by molar-refractivity contribution is 5.89. The van der Waals surface area contributed by atoms with E-state index in [1.165, 1.54) is 12.1 Å². The van der Waals surface area contributed by atoms with Crippen molar-refractivity contribution in [1.29, 1.82) is 0 Å². The first-order chi connectivity index (χ1) is 11.4. The minimum atomic E-state index is -1.31. The average Bonchev–Trinajstić information content (AvgIpc) is 2.86. The lowest BCUT2D eigenvalue weighted by Gasteiger charge is -2.09. The van der Waals surface area contributed by atoms with Gasteiger partial charge in [-0.1, -0.05) is 6.07 Å². The van der Waals surface area contributed by atoms with Crippen LogP contribution in [0.15, 0.2) is 36.7 Å². The zero-order chi connectivity index (χ0) is 17.4. The highest BCUT2D eigenvalue weighted by Gasteiger charge is 2.14. The molecule has 0 bridgehead atoms. The number of hydrogen-bond donors (Lipinski definition) is 2. The van der Waals surface area contributed by atoms with E-state index in [-0.39, 0.29) is 11.4 Å². The molecule has 6 nitrogen and oxygen atoms in total. The van der Waals surface area contributed by atoms with E-state index in [1.54, 1.807) is 16.9 Å². The second kappa shape index (κ2) is 5.77. The van der Waals surface area contributed by atoms with Gasteiger partial charge in [-0.05, 0) is 30.7 Å². The van der Waals surface area contributed by atoms with Crippen LogP contribution in [0.1, 0.15) is 16.1 Å². The summed E-state index contributed by atoms with van der Waals surface area (Å²) in [5.74, 6) is -1.89. The number of benzene rings is 1. The lowest BCUT2D eigenvalue weighted by molar-refractivity contribution is 0.0692. The number of nitrogens with two attached hydrogens (primary N) is 1. The highest BCUT2D eigenvalue weighted by Crippen LogP contribution is 2.31. The SMILES string of the molecule is Cc1nn(C)cc1-c1cnc(N)c(-c2ccc(C(=O)O)c(F)c2)c1. The lowest BCUT2D eigenvalue weighted by atomic mass is 10.00. The van der Waals surface area contributed by atoms with Crippen LogP contribution in [-0.2, 0) is 7.05 Å². The van der Waals surface area contributed by atoms with Crippen molar-refractivity contribution in [2.75, 3.05) is 5.73 Å². The number of aromatic carboxylic acids is 1. The summed E-state index contributed by atoms with van der Waals surface area (Å²) >= 11 is 0. The first-order valence-electron chi connectivity index (χ1n) is 7.16. The standard InChI is InChI=1S/C17H15FN4O2/c1-9-14(8-22(2)21-9)11-5-13(16(19)20-7-11)10-3-4-12(17(23)24)15(18)6-10/h3-8H,1-2H3,(H2,19,20)(H,23,24).